The van der Waals surface area contributed by atoms with Crippen molar-refractivity contribution in [2.75, 3.05) is 13.6 Å². The van der Waals surface area contributed by atoms with Gasteiger partial charge in [-0.05, 0) is 62.0 Å². The Morgan fingerprint density at radius 2 is 1.63 bits per heavy atom. The van der Waals surface area contributed by atoms with Crippen LogP contribution in [0.15, 0.2) is 79.1 Å². The highest BCUT2D eigenvalue weighted by Crippen LogP contribution is 2.30. The zero-order chi connectivity index (χ0) is 20.8. The molecule has 0 bridgehead atoms. The van der Waals surface area contributed by atoms with Gasteiger partial charge in [-0.3, -0.25) is 4.98 Å². The van der Waals surface area contributed by atoms with E-state index in [1.807, 2.05) is 18.2 Å². The standard InChI is InChI=1S/C25H25FN4/c1-30(18-19-6-3-2-4-7-19)17-5-8-23-28-24(20-9-11-22(26)12-10-20)25(29-23)21-13-15-27-16-14-21/h2-4,6-7,9-16H,5,8,17-18H2,1H3,(H,28,29). The predicted octanol–water partition coefficient (Wildman–Crippen LogP) is 5.34. The molecule has 0 atom stereocenters. The number of hydrogen-bond acceptors (Lipinski definition) is 3. The molecule has 5 heteroatoms. The molecule has 0 spiro atoms. The van der Waals surface area contributed by atoms with Crippen LogP contribution < -0.4 is 0 Å². The first-order valence-electron chi connectivity index (χ1n) is 10.2. The number of H-pyrrole nitrogens is 1. The molecular formula is C25H25FN4. The Morgan fingerprint density at radius 1 is 0.900 bits per heavy atom. The van der Waals surface area contributed by atoms with E-state index in [2.05, 4.69) is 46.2 Å². The number of aryl methyl sites for hydroxylation is 1. The van der Waals surface area contributed by atoms with E-state index in [0.29, 0.717) is 0 Å². The third kappa shape index (κ3) is 4.99. The number of aromatic amines is 1. The van der Waals surface area contributed by atoms with Crippen LogP contribution in [0, 0.1) is 5.82 Å². The highest BCUT2D eigenvalue weighted by Gasteiger charge is 2.14. The van der Waals surface area contributed by atoms with Crippen molar-refractivity contribution in [3.63, 3.8) is 0 Å². The van der Waals surface area contributed by atoms with E-state index < -0.39 is 0 Å². The van der Waals surface area contributed by atoms with E-state index in [1.165, 1.54) is 17.7 Å². The third-order valence-corrected chi connectivity index (χ3v) is 5.09. The number of halogens is 1. The number of benzene rings is 2. The van der Waals surface area contributed by atoms with Crippen molar-refractivity contribution in [3.8, 4) is 22.5 Å². The fourth-order valence-corrected chi connectivity index (χ4v) is 3.58. The van der Waals surface area contributed by atoms with Gasteiger partial charge in [-0.25, -0.2) is 9.37 Å². The van der Waals surface area contributed by atoms with Gasteiger partial charge in [-0.2, -0.15) is 0 Å². The predicted molar refractivity (Wildman–Crippen MR) is 118 cm³/mol. The van der Waals surface area contributed by atoms with E-state index in [0.717, 1.165) is 54.3 Å². The number of aromatic nitrogens is 3. The Labute approximate surface area is 176 Å². The van der Waals surface area contributed by atoms with Gasteiger partial charge < -0.3 is 9.88 Å². The van der Waals surface area contributed by atoms with Gasteiger partial charge in [0, 0.05) is 36.5 Å². The summed E-state index contributed by atoms with van der Waals surface area (Å²) in [4.78, 5) is 14.8. The van der Waals surface area contributed by atoms with E-state index in [4.69, 9.17) is 4.98 Å². The molecule has 1 N–H and O–H groups in total. The molecule has 2 heterocycles. The maximum Gasteiger partial charge on any atom is 0.123 e. The number of rotatable bonds is 8. The lowest BCUT2D eigenvalue weighted by atomic mass is 10.1. The van der Waals surface area contributed by atoms with Gasteiger partial charge >= 0.3 is 0 Å². The maximum absolute atomic E-state index is 13.4. The van der Waals surface area contributed by atoms with Crippen molar-refractivity contribution in [1.29, 1.82) is 0 Å². The summed E-state index contributed by atoms with van der Waals surface area (Å²) < 4.78 is 13.4. The Hall–Kier alpha value is -3.31. The topological polar surface area (TPSA) is 44.8 Å². The summed E-state index contributed by atoms with van der Waals surface area (Å²) in [6.45, 7) is 1.91. The number of nitrogens with zero attached hydrogens (tertiary/aromatic N) is 3. The van der Waals surface area contributed by atoms with Gasteiger partial charge in [-0.15, -0.1) is 0 Å². The molecule has 4 rings (SSSR count). The molecule has 152 valence electrons. The minimum atomic E-state index is -0.249. The zero-order valence-electron chi connectivity index (χ0n) is 17.1. The molecule has 4 nitrogen and oxygen atoms in total. The summed E-state index contributed by atoms with van der Waals surface area (Å²) in [5, 5.41) is 0. The van der Waals surface area contributed by atoms with Gasteiger partial charge in [0.15, 0.2) is 0 Å². The van der Waals surface area contributed by atoms with Crippen LogP contribution in [0.3, 0.4) is 0 Å². The molecule has 2 aromatic heterocycles. The second-order valence-electron chi connectivity index (χ2n) is 7.48. The summed E-state index contributed by atoms with van der Waals surface area (Å²) in [6.07, 6.45) is 5.37. The van der Waals surface area contributed by atoms with Gasteiger partial charge in [-0.1, -0.05) is 30.3 Å². The molecule has 0 aliphatic heterocycles. The molecule has 2 aromatic carbocycles. The van der Waals surface area contributed by atoms with Crippen molar-refractivity contribution < 1.29 is 4.39 Å². The molecule has 0 aliphatic carbocycles. The molecule has 0 saturated carbocycles. The van der Waals surface area contributed by atoms with Crippen molar-refractivity contribution in [2.45, 2.75) is 19.4 Å². The fraction of sp³-hybridized carbons (Fsp3) is 0.200. The zero-order valence-corrected chi connectivity index (χ0v) is 17.1. The molecule has 0 radical (unpaired) electrons. The number of nitrogens with one attached hydrogen (secondary N) is 1. The van der Waals surface area contributed by atoms with Crippen LogP contribution in [0.2, 0.25) is 0 Å². The van der Waals surface area contributed by atoms with Crippen LogP contribution >= 0.6 is 0 Å². The lowest BCUT2D eigenvalue weighted by Crippen LogP contribution is -2.19. The second kappa shape index (κ2) is 9.46. The Bertz CT molecular complexity index is 1060. The second-order valence-corrected chi connectivity index (χ2v) is 7.48. The smallest absolute Gasteiger partial charge is 0.123 e. The van der Waals surface area contributed by atoms with E-state index >= 15 is 0 Å². The van der Waals surface area contributed by atoms with Crippen molar-refractivity contribution in [2.24, 2.45) is 0 Å². The van der Waals surface area contributed by atoms with Gasteiger partial charge in [0.2, 0.25) is 0 Å². The van der Waals surface area contributed by atoms with Crippen molar-refractivity contribution in [3.05, 3.63) is 96.3 Å². The number of hydrogen-bond donors (Lipinski definition) is 1. The number of pyridine rings is 1. The molecule has 0 unspecified atom stereocenters. The molecule has 0 amide bonds. The van der Waals surface area contributed by atoms with Gasteiger partial charge in [0.25, 0.3) is 0 Å². The van der Waals surface area contributed by atoms with Crippen LogP contribution in [0.25, 0.3) is 22.5 Å². The van der Waals surface area contributed by atoms with Crippen LogP contribution in [0.1, 0.15) is 17.8 Å². The minimum absolute atomic E-state index is 0.249. The van der Waals surface area contributed by atoms with Crippen LogP contribution in [-0.2, 0) is 13.0 Å². The highest BCUT2D eigenvalue weighted by molar-refractivity contribution is 5.78. The van der Waals surface area contributed by atoms with Crippen LogP contribution in [0.4, 0.5) is 4.39 Å². The Balaban J connectivity index is 1.48. The molecular weight excluding hydrogens is 375 g/mol. The average molecular weight is 401 g/mol. The SMILES string of the molecule is CN(CCCc1nc(-c2ccc(F)cc2)c(-c2ccncc2)[nH]1)Cc1ccccc1. The molecule has 0 saturated heterocycles. The van der Waals surface area contributed by atoms with E-state index in [9.17, 15) is 4.39 Å². The summed E-state index contributed by atoms with van der Waals surface area (Å²) >= 11 is 0. The molecule has 0 aliphatic rings. The largest absolute Gasteiger partial charge is 0.341 e. The van der Waals surface area contributed by atoms with E-state index in [-0.39, 0.29) is 5.82 Å². The molecule has 4 aromatic rings. The van der Waals surface area contributed by atoms with E-state index in [1.54, 1.807) is 24.5 Å². The monoisotopic (exact) mass is 400 g/mol. The Kier molecular flexibility index (Phi) is 6.30. The highest BCUT2D eigenvalue weighted by atomic mass is 19.1. The van der Waals surface area contributed by atoms with Gasteiger partial charge in [0.05, 0.1) is 11.4 Å². The quantitative estimate of drug-likeness (QED) is 0.434. The first kappa shape index (κ1) is 20.0. The third-order valence-electron chi connectivity index (χ3n) is 5.09. The lowest BCUT2D eigenvalue weighted by molar-refractivity contribution is 0.321. The summed E-state index contributed by atoms with van der Waals surface area (Å²) in [6, 6.07) is 20.9. The number of imidazole rings is 1. The van der Waals surface area contributed by atoms with Crippen molar-refractivity contribution >= 4 is 0 Å². The first-order valence-corrected chi connectivity index (χ1v) is 10.2. The summed E-state index contributed by atoms with van der Waals surface area (Å²) in [7, 11) is 2.14. The lowest BCUT2D eigenvalue weighted by Gasteiger charge is -2.16. The van der Waals surface area contributed by atoms with Crippen LogP contribution in [-0.4, -0.2) is 33.4 Å². The molecule has 0 fully saturated rings. The molecule has 30 heavy (non-hydrogen) atoms. The maximum atomic E-state index is 13.4. The van der Waals surface area contributed by atoms with Gasteiger partial charge in [0.1, 0.15) is 11.6 Å². The minimum Gasteiger partial charge on any atom is -0.341 e. The average Bonchev–Trinajstić information content (AvgIpc) is 3.20. The summed E-state index contributed by atoms with van der Waals surface area (Å²) in [5.41, 5.74) is 5.01. The summed E-state index contributed by atoms with van der Waals surface area (Å²) in [5.74, 6) is 0.690. The van der Waals surface area contributed by atoms with Crippen LogP contribution in [0.5, 0.6) is 0 Å². The van der Waals surface area contributed by atoms with Crippen molar-refractivity contribution in [1.82, 2.24) is 19.9 Å². The normalized spacial score (nSPS) is 11.2. The first-order chi connectivity index (χ1) is 14.7. The Morgan fingerprint density at radius 3 is 2.37 bits per heavy atom. The fourth-order valence-electron chi connectivity index (χ4n) is 3.58.